The molecule has 0 bridgehead atoms. The van der Waals surface area contributed by atoms with Gasteiger partial charge in [0.2, 0.25) is 0 Å². The smallest absolute Gasteiger partial charge is 0.419 e. The van der Waals surface area contributed by atoms with Gasteiger partial charge in [-0.1, -0.05) is 0 Å². The number of fused-ring (bicyclic) bond motifs is 1. The highest BCUT2D eigenvalue weighted by Crippen LogP contribution is 2.30. The van der Waals surface area contributed by atoms with E-state index in [0.717, 1.165) is 0 Å². The van der Waals surface area contributed by atoms with Crippen LogP contribution in [0, 0.1) is 0 Å². The summed E-state index contributed by atoms with van der Waals surface area (Å²) in [6.45, 7) is 10.7. The van der Waals surface area contributed by atoms with Crippen LogP contribution >= 0.6 is 0 Å². The van der Waals surface area contributed by atoms with E-state index in [4.69, 9.17) is 15.2 Å². The monoisotopic (exact) mass is 425 g/mol. The van der Waals surface area contributed by atoms with E-state index in [0.29, 0.717) is 33.8 Å². The molecule has 0 aliphatic carbocycles. The number of carbonyl (C=O) groups excluding carboxylic acids is 2. The van der Waals surface area contributed by atoms with Crippen LogP contribution < -0.4 is 11.1 Å². The number of nitrogens with zero attached hydrogens (tertiary/aromatic N) is 3. The molecule has 164 valence electrons. The minimum atomic E-state index is -0.689. The molecule has 2 aromatic heterocycles. The highest BCUT2D eigenvalue weighted by Gasteiger charge is 2.24. The largest absolute Gasteiger partial charge is 0.444 e. The van der Waals surface area contributed by atoms with Crippen molar-refractivity contribution in [3.8, 4) is 11.5 Å². The Balaban J connectivity index is 2.06. The molecule has 31 heavy (non-hydrogen) atoms. The Bertz CT molecular complexity index is 1120. The van der Waals surface area contributed by atoms with Crippen molar-refractivity contribution in [1.29, 1.82) is 0 Å². The van der Waals surface area contributed by atoms with E-state index in [9.17, 15) is 9.59 Å². The third kappa shape index (κ3) is 5.50. The molecule has 3 N–H and O–H groups in total. The van der Waals surface area contributed by atoms with Gasteiger partial charge in [-0.3, -0.25) is 5.32 Å². The summed E-state index contributed by atoms with van der Waals surface area (Å²) in [5.74, 6) is 0.318. The molecule has 9 nitrogen and oxygen atoms in total. The van der Waals surface area contributed by atoms with Crippen LogP contribution in [0.2, 0.25) is 0 Å². The normalized spacial score (nSPS) is 11.9. The Kier molecular flexibility index (Phi) is 5.62. The topological polar surface area (TPSA) is 121 Å². The number of nitrogens with two attached hydrogens (primary N) is 1. The van der Waals surface area contributed by atoms with Gasteiger partial charge in [0.25, 0.3) is 0 Å². The zero-order chi connectivity index (χ0) is 23.0. The van der Waals surface area contributed by atoms with E-state index in [1.807, 2.05) is 0 Å². The second kappa shape index (κ2) is 7.90. The summed E-state index contributed by atoms with van der Waals surface area (Å²) >= 11 is 0. The van der Waals surface area contributed by atoms with Gasteiger partial charge in [0.1, 0.15) is 11.2 Å². The van der Waals surface area contributed by atoms with Gasteiger partial charge in [0.15, 0.2) is 5.82 Å². The van der Waals surface area contributed by atoms with Gasteiger partial charge in [0.05, 0.1) is 29.3 Å². The maximum absolute atomic E-state index is 13.0. The van der Waals surface area contributed by atoms with Crippen LogP contribution in [0.3, 0.4) is 0 Å². The molecule has 1 amide bonds. The third-order valence-corrected chi connectivity index (χ3v) is 3.92. The summed E-state index contributed by atoms with van der Waals surface area (Å²) in [6.07, 6.45) is 1.80. The van der Waals surface area contributed by atoms with Crippen LogP contribution in [-0.4, -0.2) is 37.9 Å². The van der Waals surface area contributed by atoms with E-state index in [2.05, 4.69) is 15.3 Å². The van der Waals surface area contributed by atoms with Gasteiger partial charge >= 0.3 is 12.2 Å². The van der Waals surface area contributed by atoms with Gasteiger partial charge in [-0.2, -0.15) is 0 Å². The average Bonchev–Trinajstić information content (AvgIpc) is 2.98. The molecule has 0 unspecified atom stereocenters. The lowest BCUT2D eigenvalue weighted by Gasteiger charge is -2.21. The Morgan fingerprint density at radius 2 is 1.58 bits per heavy atom. The number of hydrogen-bond acceptors (Lipinski definition) is 7. The molecule has 0 spiro atoms. The van der Waals surface area contributed by atoms with Crippen molar-refractivity contribution in [1.82, 2.24) is 14.5 Å². The summed E-state index contributed by atoms with van der Waals surface area (Å²) in [7, 11) is 0. The number of benzene rings is 1. The first-order valence-electron chi connectivity index (χ1n) is 9.79. The van der Waals surface area contributed by atoms with E-state index < -0.39 is 23.4 Å². The summed E-state index contributed by atoms with van der Waals surface area (Å²) in [5.41, 5.74) is 6.35. The Labute approximate surface area is 180 Å². The van der Waals surface area contributed by atoms with Crippen molar-refractivity contribution < 1.29 is 19.1 Å². The highest BCUT2D eigenvalue weighted by molar-refractivity contribution is 5.98. The summed E-state index contributed by atoms with van der Waals surface area (Å²) in [6, 6.07) is 6.89. The quantitative estimate of drug-likeness (QED) is 0.604. The maximum Gasteiger partial charge on any atom is 0.419 e. The number of nitrogen functional groups attached to an aromatic ring is 1. The molecule has 0 radical (unpaired) electrons. The number of hydrogen-bond donors (Lipinski definition) is 2. The van der Waals surface area contributed by atoms with Crippen molar-refractivity contribution in [2.45, 2.75) is 52.7 Å². The molecule has 2 heterocycles. The van der Waals surface area contributed by atoms with E-state index >= 15 is 0 Å². The first kappa shape index (κ1) is 22.1. The van der Waals surface area contributed by atoms with Gasteiger partial charge in [-0.25, -0.2) is 24.1 Å². The molecule has 0 atom stereocenters. The Morgan fingerprint density at radius 3 is 2.16 bits per heavy atom. The number of aromatic nitrogens is 3. The average molecular weight is 425 g/mol. The van der Waals surface area contributed by atoms with Crippen LogP contribution in [-0.2, 0) is 9.47 Å². The lowest BCUT2D eigenvalue weighted by atomic mass is 10.2. The lowest BCUT2D eigenvalue weighted by Crippen LogP contribution is -2.27. The van der Waals surface area contributed by atoms with E-state index in [-0.39, 0.29) is 0 Å². The van der Waals surface area contributed by atoms with Crippen LogP contribution in [0.25, 0.3) is 22.4 Å². The zero-order valence-corrected chi connectivity index (χ0v) is 18.5. The summed E-state index contributed by atoms with van der Waals surface area (Å²) in [5, 5.41) is 3.39. The standard InChI is InChI=1S/C22H27N5O4/c1-21(2,3)30-19(28)26-15-7-8-16-13(9-15)10-17(18-24-11-14(23)12-25-18)27(16)20(29)31-22(4,5)6/h7-12H,23H2,1-6H3,(H,26,28). The first-order chi connectivity index (χ1) is 14.3. The molecule has 0 saturated heterocycles. The predicted octanol–water partition coefficient (Wildman–Crippen LogP) is 4.81. The Morgan fingerprint density at radius 1 is 0.968 bits per heavy atom. The van der Waals surface area contributed by atoms with Gasteiger partial charge in [-0.15, -0.1) is 0 Å². The molecule has 0 aliphatic rings. The van der Waals surface area contributed by atoms with Crippen molar-refractivity contribution in [2.24, 2.45) is 0 Å². The van der Waals surface area contributed by atoms with Gasteiger partial charge < -0.3 is 15.2 Å². The zero-order valence-electron chi connectivity index (χ0n) is 18.5. The fourth-order valence-electron chi connectivity index (χ4n) is 2.85. The molecule has 1 aromatic carbocycles. The molecule has 0 saturated carbocycles. The van der Waals surface area contributed by atoms with E-state index in [1.165, 1.54) is 17.0 Å². The van der Waals surface area contributed by atoms with Crippen molar-refractivity contribution >= 4 is 34.5 Å². The summed E-state index contributed by atoms with van der Waals surface area (Å²) in [4.78, 5) is 33.6. The number of amides is 1. The highest BCUT2D eigenvalue weighted by atomic mass is 16.6. The minimum Gasteiger partial charge on any atom is -0.444 e. The van der Waals surface area contributed by atoms with Crippen LogP contribution in [0.15, 0.2) is 36.7 Å². The van der Waals surface area contributed by atoms with E-state index in [1.54, 1.807) is 65.8 Å². The van der Waals surface area contributed by atoms with Crippen LogP contribution in [0.5, 0.6) is 0 Å². The first-order valence-corrected chi connectivity index (χ1v) is 9.79. The summed E-state index contributed by atoms with van der Waals surface area (Å²) < 4.78 is 12.3. The molecule has 0 fully saturated rings. The molecular formula is C22H27N5O4. The second-order valence-corrected chi connectivity index (χ2v) is 9.09. The third-order valence-electron chi connectivity index (χ3n) is 3.92. The fraction of sp³-hybridized carbons (Fsp3) is 0.364. The number of anilines is 2. The second-order valence-electron chi connectivity index (χ2n) is 9.09. The molecule has 3 aromatic rings. The lowest BCUT2D eigenvalue weighted by molar-refractivity contribution is 0.0545. The molecule has 0 aliphatic heterocycles. The van der Waals surface area contributed by atoms with Gasteiger partial charge in [-0.05, 0) is 65.8 Å². The molecule has 3 rings (SSSR count). The fourth-order valence-corrected chi connectivity index (χ4v) is 2.85. The van der Waals surface area contributed by atoms with Crippen molar-refractivity contribution in [3.63, 3.8) is 0 Å². The Hall–Kier alpha value is -3.62. The van der Waals surface area contributed by atoms with Crippen LogP contribution in [0.1, 0.15) is 41.5 Å². The van der Waals surface area contributed by atoms with Gasteiger partial charge in [0, 0.05) is 11.1 Å². The number of rotatable bonds is 2. The number of carbonyl (C=O) groups is 2. The van der Waals surface area contributed by atoms with Crippen molar-refractivity contribution in [3.05, 3.63) is 36.7 Å². The predicted molar refractivity (Wildman–Crippen MR) is 119 cm³/mol. The SMILES string of the molecule is CC(C)(C)OC(=O)Nc1ccc2c(c1)cc(-c1ncc(N)cn1)n2C(=O)OC(C)(C)C. The maximum atomic E-state index is 13.0. The number of ether oxygens (including phenoxy) is 2. The van der Waals surface area contributed by atoms with Crippen molar-refractivity contribution in [2.75, 3.05) is 11.1 Å². The van der Waals surface area contributed by atoms with Crippen LogP contribution in [0.4, 0.5) is 21.0 Å². The number of nitrogens with one attached hydrogen (secondary N) is 1. The molecule has 9 heteroatoms. The molecular weight excluding hydrogens is 398 g/mol. The minimum absolute atomic E-state index is 0.318.